The van der Waals surface area contributed by atoms with Crippen LogP contribution >= 0.6 is 11.3 Å². The number of hydrogen-bond acceptors (Lipinski definition) is 7. The summed E-state index contributed by atoms with van der Waals surface area (Å²) in [5.74, 6) is -0.939. The number of amides is 1. The van der Waals surface area contributed by atoms with Gasteiger partial charge in [-0.15, -0.1) is 11.3 Å². The number of benzene rings is 1. The van der Waals surface area contributed by atoms with E-state index in [1.807, 2.05) is 0 Å². The standard InChI is InChI=1S/C17H13N3O5S/c1-25-17(22)13-9-3-2-4-12(9)26-16(13)19-14-10-7-8(20(23)24)5-6-11(10)18-15(14)21/h5-7H,2-4H2,1H3,(H,18,19,21). The van der Waals surface area contributed by atoms with Crippen molar-refractivity contribution in [3.05, 3.63) is 49.9 Å². The van der Waals surface area contributed by atoms with Crippen LogP contribution in [0.15, 0.2) is 23.2 Å². The Morgan fingerprint density at radius 3 is 2.92 bits per heavy atom. The molecule has 1 amide bonds. The molecule has 0 radical (unpaired) electrons. The Bertz CT molecular complexity index is 1010. The molecule has 2 aliphatic rings. The number of non-ortho nitro benzene ring substituents is 1. The van der Waals surface area contributed by atoms with Crippen molar-refractivity contribution in [3.8, 4) is 0 Å². The van der Waals surface area contributed by atoms with Gasteiger partial charge in [-0.3, -0.25) is 14.9 Å². The normalized spacial score (nSPS) is 16.3. The van der Waals surface area contributed by atoms with Crippen LogP contribution in [0.2, 0.25) is 0 Å². The van der Waals surface area contributed by atoms with Gasteiger partial charge < -0.3 is 10.1 Å². The molecule has 132 valence electrons. The minimum atomic E-state index is -0.528. The first-order valence-electron chi connectivity index (χ1n) is 7.91. The van der Waals surface area contributed by atoms with E-state index >= 15 is 0 Å². The molecule has 4 rings (SSSR count). The third-order valence-electron chi connectivity index (χ3n) is 4.44. The molecule has 1 N–H and O–H groups in total. The lowest BCUT2D eigenvalue weighted by atomic mass is 10.1. The van der Waals surface area contributed by atoms with Gasteiger partial charge in [0.2, 0.25) is 0 Å². The first-order valence-corrected chi connectivity index (χ1v) is 8.73. The summed E-state index contributed by atoms with van der Waals surface area (Å²) in [7, 11) is 1.30. The van der Waals surface area contributed by atoms with E-state index in [1.165, 1.54) is 36.6 Å². The molecule has 0 spiro atoms. The number of nitrogens with one attached hydrogen (secondary N) is 1. The molecule has 0 unspecified atom stereocenters. The van der Waals surface area contributed by atoms with E-state index in [0.717, 1.165) is 29.7 Å². The van der Waals surface area contributed by atoms with Gasteiger partial charge in [0.1, 0.15) is 10.7 Å². The van der Waals surface area contributed by atoms with Gasteiger partial charge >= 0.3 is 5.97 Å². The highest BCUT2D eigenvalue weighted by Gasteiger charge is 2.31. The molecule has 2 aromatic rings. The van der Waals surface area contributed by atoms with Crippen LogP contribution in [0.4, 0.5) is 16.4 Å². The zero-order chi connectivity index (χ0) is 18.4. The third-order valence-corrected chi connectivity index (χ3v) is 5.62. The fraction of sp³-hybridized carbons (Fsp3) is 0.235. The zero-order valence-electron chi connectivity index (χ0n) is 13.7. The van der Waals surface area contributed by atoms with Gasteiger partial charge in [0.05, 0.1) is 23.3 Å². The number of aryl methyl sites for hydroxylation is 1. The van der Waals surface area contributed by atoms with E-state index in [1.54, 1.807) is 0 Å². The van der Waals surface area contributed by atoms with Crippen molar-refractivity contribution in [1.82, 2.24) is 0 Å². The van der Waals surface area contributed by atoms with Crippen molar-refractivity contribution in [2.24, 2.45) is 4.99 Å². The van der Waals surface area contributed by atoms with Crippen LogP contribution in [0.5, 0.6) is 0 Å². The second-order valence-corrected chi connectivity index (χ2v) is 7.01. The number of fused-ring (bicyclic) bond motifs is 2. The van der Waals surface area contributed by atoms with Crippen molar-refractivity contribution in [3.63, 3.8) is 0 Å². The summed E-state index contributed by atoms with van der Waals surface area (Å²) in [6, 6.07) is 4.11. The number of methoxy groups -OCH3 is 1. The van der Waals surface area contributed by atoms with Crippen LogP contribution in [0, 0.1) is 10.1 Å². The fourth-order valence-electron chi connectivity index (χ4n) is 3.25. The number of nitrogens with zero attached hydrogens (tertiary/aromatic N) is 2. The van der Waals surface area contributed by atoms with Gasteiger partial charge in [0.25, 0.3) is 11.6 Å². The number of rotatable bonds is 3. The van der Waals surface area contributed by atoms with Crippen LogP contribution in [-0.2, 0) is 22.4 Å². The first-order chi connectivity index (χ1) is 12.5. The quantitative estimate of drug-likeness (QED) is 0.506. The Morgan fingerprint density at radius 2 is 2.19 bits per heavy atom. The lowest BCUT2D eigenvalue weighted by Gasteiger charge is -2.02. The lowest BCUT2D eigenvalue weighted by Crippen LogP contribution is -2.14. The number of carbonyl (C=O) groups excluding carboxylic acids is 2. The Morgan fingerprint density at radius 1 is 1.38 bits per heavy atom. The number of nitro benzene ring substituents is 1. The number of ether oxygens (including phenoxy) is 1. The highest BCUT2D eigenvalue weighted by atomic mass is 32.1. The summed E-state index contributed by atoms with van der Waals surface area (Å²) in [6.45, 7) is 0. The van der Waals surface area contributed by atoms with E-state index in [-0.39, 0.29) is 11.4 Å². The van der Waals surface area contributed by atoms with Crippen LogP contribution in [0.25, 0.3) is 0 Å². The van der Waals surface area contributed by atoms with Crippen molar-refractivity contribution in [1.29, 1.82) is 0 Å². The van der Waals surface area contributed by atoms with E-state index in [9.17, 15) is 19.7 Å². The summed E-state index contributed by atoms with van der Waals surface area (Å²) in [5, 5.41) is 14.1. The predicted octanol–water partition coefficient (Wildman–Crippen LogP) is 3.00. The maximum atomic E-state index is 12.3. The Balaban J connectivity index is 1.86. The van der Waals surface area contributed by atoms with Crippen LogP contribution in [0.1, 0.15) is 32.8 Å². The molecule has 1 aliphatic carbocycles. The van der Waals surface area contributed by atoms with E-state index in [2.05, 4.69) is 10.3 Å². The second kappa shape index (κ2) is 6.03. The molecule has 0 saturated carbocycles. The van der Waals surface area contributed by atoms with E-state index in [4.69, 9.17) is 4.74 Å². The summed E-state index contributed by atoms with van der Waals surface area (Å²) >= 11 is 1.36. The molecule has 0 fully saturated rings. The fourth-order valence-corrected chi connectivity index (χ4v) is 4.50. The van der Waals surface area contributed by atoms with Gasteiger partial charge in [0.15, 0.2) is 0 Å². The Hall–Kier alpha value is -3.07. The summed E-state index contributed by atoms with van der Waals surface area (Å²) in [4.78, 5) is 40.5. The van der Waals surface area contributed by atoms with Crippen molar-refractivity contribution in [2.45, 2.75) is 19.3 Å². The number of aliphatic imine (C=N–C) groups is 1. The minimum absolute atomic E-state index is 0.0637. The lowest BCUT2D eigenvalue weighted by molar-refractivity contribution is -0.384. The SMILES string of the molecule is COC(=O)c1c(N=C2C(=O)Nc3ccc([N+](=O)[O-])cc32)sc2c1CCC2. The number of hydrogen-bond donors (Lipinski definition) is 1. The maximum absolute atomic E-state index is 12.3. The Kier molecular flexibility index (Phi) is 3.80. The average Bonchev–Trinajstić information content (AvgIpc) is 3.27. The summed E-state index contributed by atoms with van der Waals surface area (Å²) in [6.07, 6.45) is 2.61. The third kappa shape index (κ3) is 2.48. The van der Waals surface area contributed by atoms with E-state index in [0.29, 0.717) is 21.8 Å². The smallest absolute Gasteiger partial charge is 0.341 e. The number of carbonyl (C=O) groups is 2. The van der Waals surface area contributed by atoms with E-state index < -0.39 is 16.8 Å². The molecule has 26 heavy (non-hydrogen) atoms. The highest BCUT2D eigenvalue weighted by Crippen LogP contribution is 2.42. The minimum Gasteiger partial charge on any atom is -0.465 e. The topological polar surface area (TPSA) is 111 Å². The van der Waals surface area contributed by atoms with Gasteiger partial charge in [0, 0.05) is 22.6 Å². The Labute approximate surface area is 151 Å². The highest BCUT2D eigenvalue weighted by molar-refractivity contribution is 7.16. The van der Waals surface area contributed by atoms with Gasteiger partial charge in [-0.2, -0.15) is 0 Å². The molecule has 1 aromatic carbocycles. The van der Waals surface area contributed by atoms with Crippen molar-refractivity contribution < 1.29 is 19.2 Å². The largest absolute Gasteiger partial charge is 0.465 e. The maximum Gasteiger partial charge on any atom is 0.341 e. The van der Waals surface area contributed by atoms with Gasteiger partial charge in [-0.05, 0) is 30.9 Å². The first kappa shape index (κ1) is 16.4. The number of nitro groups is 1. The number of thiophene rings is 1. The molecule has 0 saturated heterocycles. The summed E-state index contributed by atoms with van der Waals surface area (Å²) < 4.78 is 4.88. The molecule has 1 aromatic heterocycles. The molecule has 0 atom stereocenters. The molecule has 8 nitrogen and oxygen atoms in total. The van der Waals surface area contributed by atoms with Crippen LogP contribution in [0.3, 0.4) is 0 Å². The molecule has 2 heterocycles. The average molecular weight is 371 g/mol. The molecule has 1 aliphatic heterocycles. The second-order valence-electron chi connectivity index (χ2n) is 5.93. The molecule has 0 bridgehead atoms. The predicted molar refractivity (Wildman–Crippen MR) is 95.6 cm³/mol. The van der Waals surface area contributed by atoms with Crippen LogP contribution in [-0.4, -0.2) is 29.6 Å². The monoisotopic (exact) mass is 371 g/mol. The molecular formula is C17H13N3O5S. The number of anilines is 1. The van der Waals surface area contributed by atoms with Crippen molar-refractivity contribution in [2.75, 3.05) is 12.4 Å². The summed E-state index contributed by atoms with van der Waals surface area (Å²) in [5.41, 5.74) is 2.07. The van der Waals surface area contributed by atoms with Crippen LogP contribution < -0.4 is 5.32 Å². The van der Waals surface area contributed by atoms with Gasteiger partial charge in [-0.1, -0.05) is 0 Å². The number of esters is 1. The molecular weight excluding hydrogens is 358 g/mol. The zero-order valence-corrected chi connectivity index (χ0v) is 14.5. The van der Waals surface area contributed by atoms with Gasteiger partial charge in [-0.25, -0.2) is 9.79 Å². The van der Waals surface area contributed by atoms with Crippen molar-refractivity contribution >= 4 is 45.3 Å². The molecule has 9 heteroatoms.